The molecule has 142 valence electrons. The maximum absolute atomic E-state index is 12.1. The highest BCUT2D eigenvalue weighted by Crippen LogP contribution is 2.36. The van der Waals surface area contributed by atoms with Gasteiger partial charge >= 0.3 is 6.72 Å². The van der Waals surface area contributed by atoms with Crippen molar-refractivity contribution in [1.82, 2.24) is 0 Å². The van der Waals surface area contributed by atoms with Gasteiger partial charge in [-0.2, -0.15) is 0 Å². The molecule has 1 aromatic carbocycles. The first-order chi connectivity index (χ1) is 11.8. The fourth-order valence-corrected chi connectivity index (χ4v) is 2.98. The minimum atomic E-state index is -3.76. The number of aryl methyl sites for hydroxylation is 1. The smallest absolute Gasteiger partial charge is 0.322 e. The van der Waals surface area contributed by atoms with E-state index < -0.39 is 12.8 Å². The molecule has 0 aliphatic carbocycles. The van der Waals surface area contributed by atoms with Gasteiger partial charge in [0.1, 0.15) is 6.61 Å². The molecule has 8 heteroatoms. The van der Waals surface area contributed by atoms with E-state index >= 15 is 0 Å². The molecule has 6 nitrogen and oxygen atoms in total. The van der Waals surface area contributed by atoms with Crippen molar-refractivity contribution in [2.75, 3.05) is 11.9 Å². The number of carbonyl (C=O) groups excluding carboxylic acids is 1. The summed E-state index contributed by atoms with van der Waals surface area (Å²) in [6.07, 6.45) is 8.49. The second-order valence-corrected chi connectivity index (χ2v) is 8.86. The van der Waals surface area contributed by atoms with Crippen LogP contribution in [0.5, 0.6) is 0 Å². The van der Waals surface area contributed by atoms with E-state index in [0.717, 1.165) is 12.8 Å². The number of benzene rings is 1. The highest BCUT2D eigenvalue weighted by Gasteiger charge is 2.21. The molecule has 6 N–H and O–H groups in total. The lowest BCUT2D eigenvalue weighted by molar-refractivity contribution is -0.406. The van der Waals surface area contributed by atoms with Gasteiger partial charge in [-0.05, 0) is 42.3 Å². The van der Waals surface area contributed by atoms with Gasteiger partial charge in [0.2, 0.25) is 0 Å². The van der Waals surface area contributed by atoms with Crippen LogP contribution in [0.3, 0.4) is 0 Å². The SMILES string of the molecule is CCCCCCCCc1cccc(NC(=O)[C@H]([NH3+])COP(O)(O)=S)c1. The van der Waals surface area contributed by atoms with Crippen LogP contribution < -0.4 is 11.1 Å². The summed E-state index contributed by atoms with van der Waals surface area (Å²) in [4.78, 5) is 30.1. The molecule has 0 unspecified atom stereocenters. The third-order valence-corrected chi connectivity index (χ3v) is 4.63. The van der Waals surface area contributed by atoms with Crippen LogP contribution in [0.1, 0.15) is 51.0 Å². The first kappa shape index (κ1) is 22.2. The Kier molecular flexibility index (Phi) is 10.4. The van der Waals surface area contributed by atoms with Crippen molar-refractivity contribution in [3.63, 3.8) is 0 Å². The largest absolute Gasteiger partial charge is 0.345 e. The van der Waals surface area contributed by atoms with Crippen LogP contribution in [0.2, 0.25) is 0 Å². The van der Waals surface area contributed by atoms with Crippen LogP contribution in [-0.4, -0.2) is 28.3 Å². The zero-order valence-electron chi connectivity index (χ0n) is 14.8. The molecule has 1 atom stereocenters. The van der Waals surface area contributed by atoms with Gasteiger partial charge in [-0.3, -0.25) is 4.79 Å². The van der Waals surface area contributed by atoms with Gasteiger partial charge in [0, 0.05) is 5.69 Å². The van der Waals surface area contributed by atoms with E-state index in [9.17, 15) is 4.79 Å². The molecular formula is C17H30N2O4PS+. The molecule has 1 rings (SSSR count). The zero-order chi connectivity index (χ0) is 18.7. The summed E-state index contributed by atoms with van der Waals surface area (Å²) in [6.45, 7) is -1.77. The van der Waals surface area contributed by atoms with Crippen molar-refractivity contribution in [1.29, 1.82) is 0 Å². The standard InChI is InChI=1S/C17H29N2O4PS/c1-2-3-4-5-6-7-9-14-10-8-11-15(12-14)19-17(20)16(18)13-23-24(21,22)25/h8,10-12,16H,2-7,9,13,18H2,1H3,(H,19,20)(H2,21,22,25)/p+1/t16-/m1/s1. The Balaban J connectivity index is 2.41. The van der Waals surface area contributed by atoms with E-state index in [2.05, 4.69) is 40.4 Å². The average Bonchev–Trinajstić information content (AvgIpc) is 2.55. The van der Waals surface area contributed by atoms with Gasteiger partial charge in [-0.25, -0.2) is 0 Å². The molecule has 0 saturated carbocycles. The second-order valence-electron chi connectivity index (χ2n) is 6.19. The molecule has 1 amide bonds. The van der Waals surface area contributed by atoms with Gasteiger partial charge in [0.15, 0.2) is 6.04 Å². The van der Waals surface area contributed by atoms with Crippen LogP contribution in [0.4, 0.5) is 5.69 Å². The normalized spacial score (nSPS) is 12.8. The maximum Gasteiger partial charge on any atom is 0.322 e. The van der Waals surface area contributed by atoms with Crippen LogP contribution in [-0.2, 0) is 27.5 Å². The molecule has 0 spiro atoms. The number of carbonyl (C=O) groups is 1. The third-order valence-electron chi connectivity index (χ3n) is 3.83. The summed E-state index contributed by atoms with van der Waals surface area (Å²) in [6, 6.07) is 6.97. The number of anilines is 1. The summed E-state index contributed by atoms with van der Waals surface area (Å²) < 4.78 is 4.68. The Bertz CT molecular complexity index is 580. The van der Waals surface area contributed by atoms with E-state index in [1.54, 1.807) is 0 Å². The summed E-state index contributed by atoms with van der Waals surface area (Å²) in [7, 11) is 0. The number of rotatable bonds is 12. The number of hydrogen-bond acceptors (Lipinski definition) is 3. The lowest BCUT2D eigenvalue weighted by Gasteiger charge is -2.13. The minimum absolute atomic E-state index is 0.229. The molecule has 0 aliphatic rings. The van der Waals surface area contributed by atoms with Gasteiger partial charge in [0.25, 0.3) is 5.91 Å². The molecule has 0 aromatic heterocycles. The quantitative estimate of drug-likeness (QED) is 0.324. The van der Waals surface area contributed by atoms with E-state index in [1.807, 2.05) is 18.2 Å². The van der Waals surface area contributed by atoms with Crippen LogP contribution in [0.25, 0.3) is 0 Å². The molecule has 0 aliphatic heterocycles. The van der Waals surface area contributed by atoms with E-state index in [4.69, 9.17) is 9.79 Å². The van der Waals surface area contributed by atoms with E-state index in [-0.39, 0.29) is 12.5 Å². The predicted octanol–water partition coefficient (Wildman–Crippen LogP) is 2.36. The van der Waals surface area contributed by atoms with E-state index in [0.29, 0.717) is 5.69 Å². The molecule has 0 heterocycles. The van der Waals surface area contributed by atoms with E-state index in [1.165, 1.54) is 37.7 Å². The monoisotopic (exact) mass is 389 g/mol. The topological polar surface area (TPSA) is 106 Å². The zero-order valence-corrected chi connectivity index (χ0v) is 16.5. The number of nitrogens with one attached hydrogen (secondary N) is 1. The van der Waals surface area contributed by atoms with Crippen molar-refractivity contribution in [2.24, 2.45) is 0 Å². The van der Waals surface area contributed by atoms with Crippen molar-refractivity contribution in [2.45, 2.75) is 57.9 Å². The predicted molar refractivity (Wildman–Crippen MR) is 104 cm³/mol. The molecule has 1 aromatic rings. The number of hydrogen-bond donors (Lipinski definition) is 4. The van der Waals surface area contributed by atoms with Crippen molar-refractivity contribution in [3.8, 4) is 0 Å². The Morgan fingerprint density at radius 3 is 2.64 bits per heavy atom. The Morgan fingerprint density at radius 1 is 1.28 bits per heavy atom. The van der Waals surface area contributed by atoms with Crippen LogP contribution in [0, 0.1) is 0 Å². The number of unbranched alkanes of at least 4 members (excludes halogenated alkanes) is 5. The Labute approximate surface area is 155 Å². The lowest BCUT2D eigenvalue weighted by Crippen LogP contribution is -2.68. The van der Waals surface area contributed by atoms with Gasteiger partial charge in [0.05, 0.1) is 0 Å². The molecular weight excluding hydrogens is 359 g/mol. The Morgan fingerprint density at radius 2 is 1.96 bits per heavy atom. The highest BCUT2D eigenvalue weighted by molar-refractivity contribution is 8.06. The number of amides is 1. The lowest BCUT2D eigenvalue weighted by atomic mass is 10.0. The fraction of sp³-hybridized carbons (Fsp3) is 0.588. The minimum Gasteiger partial charge on any atom is -0.345 e. The van der Waals surface area contributed by atoms with Crippen molar-refractivity contribution < 1.29 is 24.8 Å². The van der Waals surface area contributed by atoms with Crippen LogP contribution in [0.15, 0.2) is 24.3 Å². The van der Waals surface area contributed by atoms with Gasteiger partial charge in [-0.1, -0.05) is 51.2 Å². The fourth-order valence-electron chi connectivity index (χ4n) is 2.42. The molecule has 0 fully saturated rings. The first-order valence-electron chi connectivity index (χ1n) is 8.75. The highest BCUT2D eigenvalue weighted by atomic mass is 32.5. The van der Waals surface area contributed by atoms with Gasteiger partial charge < -0.3 is 25.4 Å². The van der Waals surface area contributed by atoms with Crippen molar-refractivity contribution >= 4 is 30.1 Å². The second kappa shape index (κ2) is 11.7. The van der Waals surface area contributed by atoms with Crippen LogP contribution >= 0.6 is 6.72 Å². The summed E-state index contributed by atoms with van der Waals surface area (Å²) in [5, 5.41) is 2.77. The summed E-state index contributed by atoms with van der Waals surface area (Å²) in [5.41, 5.74) is 5.55. The molecule has 0 saturated heterocycles. The first-order valence-corrected chi connectivity index (χ1v) is 11.4. The molecule has 0 bridgehead atoms. The number of quaternary nitrogens is 1. The average molecular weight is 389 g/mol. The summed E-state index contributed by atoms with van der Waals surface area (Å²) in [5.74, 6) is -0.347. The van der Waals surface area contributed by atoms with Gasteiger partial charge in [-0.15, -0.1) is 0 Å². The maximum atomic E-state index is 12.1. The summed E-state index contributed by atoms with van der Waals surface area (Å²) >= 11 is 4.35. The molecule has 0 radical (unpaired) electrons. The third kappa shape index (κ3) is 10.7. The molecule has 25 heavy (non-hydrogen) atoms. The Hall–Kier alpha value is -0.820. The van der Waals surface area contributed by atoms with Crippen molar-refractivity contribution in [3.05, 3.63) is 29.8 Å².